The average Bonchev–Trinajstić information content (AvgIpc) is 1.87. The lowest BCUT2D eigenvalue weighted by atomic mass is 10.9. The van der Waals surface area contributed by atoms with E-state index in [1.54, 1.807) is 0 Å². The highest BCUT2D eigenvalue weighted by Crippen LogP contribution is 2.19. The van der Waals surface area contributed by atoms with E-state index in [1.807, 2.05) is 0 Å². The third-order valence-corrected chi connectivity index (χ3v) is 0.476. The number of hydrogen-bond donors (Lipinski definition) is 0. The summed E-state index contributed by atoms with van der Waals surface area (Å²) in [6.45, 7) is 0. The molecule has 0 N–H and O–H groups in total. The van der Waals surface area contributed by atoms with Gasteiger partial charge in [-0.2, -0.15) is 26.3 Å². The van der Waals surface area contributed by atoms with Gasteiger partial charge in [-0.1, -0.05) is 0 Å². The van der Waals surface area contributed by atoms with Crippen LogP contribution in [0.2, 0.25) is 0 Å². The number of ether oxygens (including phenoxy) is 1. The summed E-state index contributed by atoms with van der Waals surface area (Å²) in [6.07, 6.45) is -6.03. The van der Waals surface area contributed by atoms with Crippen LogP contribution >= 0.6 is 0 Å². The molecular formula is C4F6IO-. The van der Waals surface area contributed by atoms with Gasteiger partial charge in [0.1, 0.15) is 0 Å². The molecule has 0 rings (SSSR count). The predicted molar refractivity (Wildman–Crippen MR) is 21.8 cm³/mol. The first-order valence-corrected chi connectivity index (χ1v) is 2.04. The van der Waals surface area contributed by atoms with Crippen LogP contribution in [0.25, 0.3) is 0 Å². The summed E-state index contributed by atoms with van der Waals surface area (Å²) < 4.78 is 69.6. The molecule has 0 amide bonds. The predicted octanol–water partition coefficient (Wildman–Crippen LogP) is 0.0772. The van der Waals surface area contributed by atoms with Crippen molar-refractivity contribution < 1.29 is 55.1 Å². The number of halogens is 7. The van der Waals surface area contributed by atoms with E-state index in [1.165, 1.54) is 0 Å². The zero-order chi connectivity index (χ0) is 9.02. The summed E-state index contributed by atoms with van der Waals surface area (Å²) in [7, 11) is 0. The van der Waals surface area contributed by atoms with Crippen molar-refractivity contribution in [3.8, 4) is 0 Å². The van der Waals surface area contributed by atoms with Gasteiger partial charge in [-0.3, -0.25) is 0 Å². The van der Waals surface area contributed by atoms with Gasteiger partial charge in [0.25, 0.3) is 0 Å². The molecule has 0 aliphatic rings. The van der Waals surface area contributed by atoms with Gasteiger partial charge in [0.05, 0.1) is 0 Å². The van der Waals surface area contributed by atoms with Crippen LogP contribution in [0, 0.1) is 0 Å². The molecule has 0 aromatic heterocycles. The van der Waals surface area contributed by atoms with E-state index >= 15 is 0 Å². The van der Waals surface area contributed by atoms with E-state index in [4.69, 9.17) is 0 Å². The molecule has 0 aliphatic carbocycles. The van der Waals surface area contributed by atoms with Gasteiger partial charge < -0.3 is 28.7 Å². The lowest BCUT2D eigenvalue weighted by Crippen LogP contribution is -3.00. The van der Waals surface area contributed by atoms with Crippen LogP contribution in [0.1, 0.15) is 0 Å². The second-order valence-corrected chi connectivity index (χ2v) is 1.17. The maximum atomic E-state index is 11.4. The monoisotopic (exact) mass is 305 g/mol. The van der Waals surface area contributed by atoms with E-state index in [9.17, 15) is 26.3 Å². The van der Waals surface area contributed by atoms with Crippen LogP contribution < -0.4 is 24.0 Å². The van der Waals surface area contributed by atoms with Crippen LogP contribution in [-0.4, -0.2) is 0 Å². The van der Waals surface area contributed by atoms with Crippen molar-refractivity contribution >= 4 is 0 Å². The first kappa shape index (κ1) is 14.1. The van der Waals surface area contributed by atoms with Gasteiger partial charge >= 0.3 is 24.2 Å². The zero-order valence-electron chi connectivity index (χ0n) is 5.05. The van der Waals surface area contributed by atoms with Gasteiger partial charge in [-0.05, 0) is 0 Å². The molecule has 72 valence electrons. The molecule has 0 aliphatic heterocycles. The van der Waals surface area contributed by atoms with Gasteiger partial charge in [0, 0.05) is 0 Å². The molecule has 1 nitrogen and oxygen atoms in total. The van der Waals surface area contributed by atoms with Crippen molar-refractivity contribution in [2.75, 3.05) is 0 Å². The molecule has 0 saturated heterocycles. The SMILES string of the molecule is FC(F)=C(F)OC(F)=C(F)F.[I-]. The van der Waals surface area contributed by atoms with Gasteiger partial charge in [0.15, 0.2) is 0 Å². The largest absolute Gasteiger partial charge is 1.00 e. The molecule has 0 atom stereocenters. The summed E-state index contributed by atoms with van der Waals surface area (Å²) in [5.41, 5.74) is 0. The zero-order valence-corrected chi connectivity index (χ0v) is 7.21. The van der Waals surface area contributed by atoms with E-state index in [0.29, 0.717) is 0 Å². The van der Waals surface area contributed by atoms with Crippen molar-refractivity contribution in [2.45, 2.75) is 0 Å². The second-order valence-electron chi connectivity index (χ2n) is 1.17. The minimum absolute atomic E-state index is 0. The topological polar surface area (TPSA) is 9.23 Å². The third kappa shape index (κ3) is 5.27. The first-order valence-electron chi connectivity index (χ1n) is 2.04. The van der Waals surface area contributed by atoms with Gasteiger partial charge in [-0.25, -0.2) is 0 Å². The Bertz CT molecular complexity index is 182. The standard InChI is InChI=1S/C4F6O.HI/c5-1(6)3(9)11-4(10)2(7)8;/h;1H/p-1. The minimum Gasteiger partial charge on any atom is -1.00 e. The van der Waals surface area contributed by atoms with Crippen LogP contribution in [0.4, 0.5) is 26.3 Å². The first-order chi connectivity index (χ1) is 4.95. The highest BCUT2D eigenvalue weighted by atomic mass is 127. The highest BCUT2D eigenvalue weighted by molar-refractivity contribution is 4.90. The van der Waals surface area contributed by atoms with Gasteiger partial charge in [0.2, 0.25) is 0 Å². The van der Waals surface area contributed by atoms with Crippen LogP contribution in [0.15, 0.2) is 24.2 Å². The van der Waals surface area contributed by atoms with Crippen molar-refractivity contribution in [2.24, 2.45) is 0 Å². The maximum absolute atomic E-state index is 11.4. The molecule has 0 radical (unpaired) electrons. The Balaban J connectivity index is 0. The molecule has 8 heteroatoms. The molecule has 0 unspecified atom stereocenters. The summed E-state index contributed by atoms with van der Waals surface area (Å²) in [6, 6.07) is -5.37. The van der Waals surface area contributed by atoms with E-state index in [0.717, 1.165) is 0 Å². The molecule has 0 spiro atoms. The summed E-state index contributed by atoms with van der Waals surface area (Å²) in [5, 5.41) is 0. The normalized spacial score (nSPS) is 8.17. The van der Waals surface area contributed by atoms with E-state index < -0.39 is 24.2 Å². The summed E-state index contributed by atoms with van der Waals surface area (Å²) in [5.74, 6) is 0. The molecule has 0 fully saturated rings. The van der Waals surface area contributed by atoms with Crippen LogP contribution in [0.3, 0.4) is 0 Å². The fraction of sp³-hybridized carbons (Fsp3) is 0. The minimum atomic E-state index is -3.01. The van der Waals surface area contributed by atoms with E-state index in [2.05, 4.69) is 4.74 Å². The number of hydrogen-bond acceptors (Lipinski definition) is 1. The smallest absolute Gasteiger partial charge is 0.346 e. The number of rotatable bonds is 2. The van der Waals surface area contributed by atoms with E-state index in [-0.39, 0.29) is 24.0 Å². The Labute approximate surface area is 79.7 Å². The second kappa shape index (κ2) is 6.14. The average molecular weight is 305 g/mol. The van der Waals surface area contributed by atoms with Crippen molar-refractivity contribution in [1.29, 1.82) is 0 Å². The van der Waals surface area contributed by atoms with Crippen molar-refractivity contribution in [1.82, 2.24) is 0 Å². The molecular weight excluding hydrogens is 305 g/mol. The Kier molecular flexibility index (Phi) is 7.24. The Hall–Kier alpha value is -0.410. The Morgan fingerprint density at radius 1 is 0.667 bits per heavy atom. The van der Waals surface area contributed by atoms with Crippen molar-refractivity contribution in [3.05, 3.63) is 24.2 Å². The van der Waals surface area contributed by atoms with Crippen molar-refractivity contribution in [3.63, 3.8) is 0 Å². The molecule has 12 heavy (non-hydrogen) atoms. The van der Waals surface area contributed by atoms with Gasteiger partial charge in [-0.15, -0.1) is 0 Å². The lowest BCUT2D eigenvalue weighted by molar-refractivity contribution is -0.00000805. The molecule has 0 saturated carbocycles. The fourth-order valence-electron chi connectivity index (χ4n) is 0.156. The van der Waals surface area contributed by atoms with Crippen LogP contribution in [-0.2, 0) is 4.74 Å². The third-order valence-electron chi connectivity index (χ3n) is 0.476. The maximum Gasteiger partial charge on any atom is 0.346 e. The summed E-state index contributed by atoms with van der Waals surface area (Å²) >= 11 is 0. The molecule has 0 heterocycles. The summed E-state index contributed by atoms with van der Waals surface area (Å²) in [4.78, 5) is 0. The lowest BCUT2D eigenvalue weighted by Gasteiger charge is -1.94. The Morgan fingerprint density at radius 3 is 1.08 bits per heavy atom. The quantitative estimate of drug-likeness (QED) is 0.399. The highest BCUT2D eigenvalue weighted by Gasteiger charge is 2.13. The fourth-order valence-corrected chi connectivity index (χ4v) is 0.156. The molecule has 0 aromatic carbocycles. The molecule has 0 aromatic rings. The van der Waals surface area contributed by atoms with Crippen LogP contribution in [0.5, 0.6) is 0 Å². The molecule has 0 bridgehead atoms. The Morgan fingerprint density at radius 2 is 0.917 bits per heavy atom.